The van der Waals surface area contributed by atoms with Gasteiger partial charge in [0.25, 0.3) is 0 Å². The average Bonchev–Trinajstić information content (AvgIpc) is 2.48. The second-order valence-electron chi connectivity index (χ2n) is 5.27. The molecule has 2 N–H and O–H groups in total. The monoisotopic (exact) mass is 276 g/mol. The Hall–Kier alpha value is -2.04. The van der Waals surface area contributed by atoms with Gasteiger partial charge in [0.2, 0.25) is 0 Å². The zero-order valence-electron chi connectivity index (χ0n) is 11.6. The lowest BCUT2D eigenvalue weighted by atomic mass is 9.82. The molecule has 2 amide bonds. The number of carbonyl (C=O) groups is 2. The van der Waals surface area contributed by atoms with E-state index >= 15 is 0 Å². The number of urea groups is 1. The van der Waals surface area contributed by atoms with Gasteiger partial charge >= 0.3 is 12.0 Å². The van der Waals surface area contributed by atoms with E-state index in [0.29, 0.717) is 12.8 Å². The summed E-state index contributed by atoms with van der Waals surface area (Å²) in [6, 6.07) is 8.80. The number of nitrogens with one attached hydrogen (secondary N) is 1. The largest absolute Gasteiger partial charge is 0.480 e. The molecular formula is C15H20N2O3. The number of hydrogen-bond acceptors (Lipinski definition) is 2. The van der Waals surface area contributed by atoms with Gasteiger partial charge in [0.15, 0.2) is 0 Å². The highest BCUT2D eigenvalue weighted by Crippen LogP contribution is 2.29. The van der Waals surface area contributed by atoms with Crippen LogP contribution >= 0.6 is 0 Å². The third-order valence-corrected chi connectivity index (χ3v) is 3.91. The number of carboxylic acids is 1. The first-order valence-electron chi connectivity index (χ1n) is 6.89. The molecule has 0 aromatic heterocycles. The molecule has 2 rings (SSSR count). The summed E-state index contributed by atoms with van der Waals surface area (Å²) in [5, 5.41) is 12.2. The lowest BCUT2D eigenvalue weighted by molar-refractivity contribution is -0.145. The number of hydrogen-bond donors (Lipinski definition) is 2. The topological polar surface area (TPSA) is 69.6 Å². The maximum atomic E-state index is 12.3. The number of para-hydroxylation sites is 1. The first kappa shape index (κ1) is 14.4. The highest BCUT2D eigenvalue weighted by molar-refractivity contribution is 5.95. The second kappa shape index (κ2) is 5.94. The number of benzene rings is 1. The van der Waals surface area contributed by atoms with Crippen LogP contribution in [0.2, 0.25) is 0 Å². The van der Waals surface area contributed by atoms with Crippen LogP contribution in [0.1, 0.15) is 32.1 Å². The van der Waals surface area contributed by atoms with Crippen LogP contribution in [0.4, 0.5) is 10.5 Å². The highest BCUT2D eigenvalue weighted by atomic mass is 16.4. The van der Waals surface area contributed by atoms with Gasteiger partial charge < -0.3 is 10.4 Å². The zero-order valence-corrected chi connectivity index (χ0v) is 11.6. The molecule has 1 saturated carbocycles. The summed E-state index contributed by atoms with van der Waals surface area (Å²) in [7, 11) is 1.64. The van der Waals surface area contributed by atoms with Crippen molar-refractivity contribution in [1.82, 2.24) is 5.32 Å². The molecule has 1 aliphatic carbocycles. The van der Waals surface area contributed by atoms with Gasteiger partial charge in [0.05, 0.1) is 0 Å². The average molecular weight is 276 g/mol. The van der Waals surface area contributed by atoms with E-state index in [1.807, 2.05) is 30.3 Å². The molecule has 0 spiro atoms. The van der Waals surface area contributed by atoms with E-state index in [9.17, 15) is 14.7 Å². The van der Waals surface area contributed by atoms with Crippen LogP contribution in [0, 0.1) is 0 Å². The molecule has 0 heterocycles. The van der Waals surface area contributed by atoms with Crippen molar-refractivity contribution in [2.24, 2.45) is 0 Å². The number of nitrogens with zero attached hydrogens (tertiary/aromatic N) is 1. The SMILES string of the molecule is CN(C(=O)NC1(C(=O)O)CCCCC1)c1ccccc1. The summed E-state index contributed by atoms with van der Waals surface area (Å²) >= 11 is 0. The molecule has 1 fully saturated rings. The maximum absolute atomic E-state index is 12.3. The van der Waals surface area contributed by atoms with Gasteiger partial charge in [-0.1, -0.05) is 37.5 Å². The van der Waals surface area contributed by atoms with Gasteiger partial charge in [-0.25, -0.2) is 9.59 Å². The number of amides is 2. The van der Waals surface area contributed by atoms with Crippen molar-refractivity contribution < 1.29 is 14.7 Å². The van der Waals surface area contributed by atoms with Crippen molar-refractivity contribution in [3.63, 3.8) is 0 Å². The van der Waals surface area contributed by atoms with Gasteiger partial charge in [-0.15, -0.1) is 0 Å². The molecular weight excluding hydrogens is 256 g/mol. The van der Waals surface area contributed by atoms with Gasteiger partial charge in [-0.2, -0.15) is 0 Å². The summed E-state index contributed by atoms with van der Waals surface area (Å²) in [4.78, 5) is 25.3. The van der Waals surface area contributed by atoms with Gasteiger partial charge in [0, 0.05) is 12.7 Å². The Balaban J connectivity index is 2.11. The van der Waals surface area contributed by atoms with Gasteiger partial charge in [-0.3, -0.25) is 4.90 Å². The smallest absolute Gasteiger partial charge is 0.329 e. The van der Waals surface area contributed by atoms with E-state index in [1.165, 1.54) is 4.90 Å². The second-order valence-corrected chi connectivity index (χ2v) is 5.27. The van der Waals surface area contributed by atoms with Crippen molar-refractivity contribution in [3.8, 4) is 0 Å². The molecule has 1 aromatic rings. The Labute approximate surface area is 118 Å². The van der Waals surface area contributed by atoms with Crippen LogP contribution in [0.25, 0.3) is 0 Å². The lowest BCUT2D eigenvalue weighted by Gasteiger charge is -2.35. The van der Waals surface area contributed by atoms with Gasteiger partial charge in [0.1, 0.15) is 5.54 Å². The molecule has 5 nitrogen and oxygen atoms in total. The summed E-state index contributed by atoms with van der Waals surface area (Å²) < 4.78 is 0. The van der Waals surface area contributed by atoms with Crippen molar-refractivity contribution in [3.05, 3.63) is 30.3 Å². The van der Waals surface area contributed by atoms with Crippen molar-refractivity contribution in [1.29, 1.82) is 0 Å². The van der Waals surface area contributed by atoms with E-state index in [1.54, 1.807) is 7.05 Å². The van der Waals surface area contributed by atoms with Crippen LogP contribution < -0.4 is 10.2 Å². The summed E-state index contributed by atoms with van der Waals surface area (Å²) in [5.41, 5.74) is -0.375. The van der Waals surface area contributed by atoms with E-state index in [2.05, 4.69) is 5.32 Å². The minimum absolute atomic E-state index is 0.375. The summed E-state index contributed by atoms with van der Waals surface area (Å²) in [6.45, 7) is 0. The molecule has 20 heavy (non-hydrogen) atoms. The number of aliphatic carboxylic acids is 1. The molecule has 0 atom stereocenters. The third-order valence-electron chi connectivity index (χ3n) is 3.91. The Kier molecular flexibility index (Phi) is 4.27. The van der Waals surface area contributed by atoms with Crippen molar-refractivity contribution in [2.75, 3.05) is 11.9 Å². The lowest BCUT2D eigenvalue weighted by Crippen LogP contribution is -2.58. The Morgan fingerprint density at radius 1 is 1.15 bits per heavy atom. The van der Waals surface area contributed by atoms with Crippen LogP contribution in [0.3, 0.4) is 0 Å². The predicted octanol–water partition coefficient (Wildman–Crippen LogP) is 2.62. The number of rotatable bonds is 3. The van der Waals surface area contributed by atoms with Crippen molar-refractivity contribution >= 4 is 17.7 Å². The molecule has 0 saturated heterocycles. The van der Waals surface area contributed by atoms with E-state index in [-0.39, 0.29) is 6.03 Å². The van der Waals surface area contributed by atoms with Crippen LogP contribution in [0.15, 0.2) is 30.3 Å². The molecule has 0 radical (unpaired) electrons. The molecule has 1 aliphatic rings. The normalized spacial score (nSPS) is 17.2. The predicted molar refractivity (Wildman–Crippen MR) is 76.8 cm³/mol. The molecule has 1 aromatic carbocycles. The number of carbonyl (C=O) groups excluding carboxylic acids is 1. The molecule has 5 heteroatoms. The Bertz CT molecular complexity index is 481. The van der Waals surface area contributed by atoms with Crippen molar-refractivity contribution in [2.45, 2.75) is 37.6 Å². The fourth-order valence-electron chi connectivity index (χ4n) is 2.61. The molecule has 108 valence electrons. The fraction of sp³-hybridized carbons (Fsp3) is 0.467. The summed E-state index contributed by atoms with van der Waals surface area (Å²) in [5.74, 6) is -0.938. The van der Waals surface area contributed by atoms with E-state index in [0.717, 1.165) is 24.9 Å². The van der Waals surface area contributed by atoms with Gasteiger partial charge in [-0.05, 0) is 25.0 Å². The van der Waals surface area contributed by atoms with Crippen LogP contribution in [0.5, 0.6) is 0 Å². The number of carboxylic acid groups (broad SMARTS) is 1. The minimum Gasteiger partial charge on any atom is -0.480 e. The summed E-state index contributed by atoms with van der Waals surface area (Å²) in [6.07, 6.45) is 3.69. The molecule has 0 unspecified atom stereocenters. The maximum Gasteiger partial charge on any atom is 0.329 e. The Morgan fingerprint density at radius 3 is 2.30 bits per heavy atom. The standard InChI is InChI=1S/C15H20N2O3/c1-17(12-8-4-2-5-9-12)14(20)16-15(13(18)19)10-6-3-7-11-15/h2,4-5,8-9H,3,6-7,10-11H2,1H3,(H,16,20)(H,18,19). The number of anilines is 1. The quantitative estimate of drug-likeness (QED) is 0.891. The van der Waals surface area contributed by atoms with E-state index < -0.39 is 11.5 Å². The fourth-order valence-corrected chi connectivity index (χ4v) is 2.61. The van der Waals surface area contributed by atoms with E-state index in [4.69, 9.17) is 0 Å². The minimum atomic E-state index is -1.11. The van der Waals surface area contributed by atoms with Crippen LogP contribution in [-0.2, 0) is 4.79 Å². The van der Waals surface area contributed by atoms with Crippen LogP contribution in [-0.4, -0.2) is 29.7 Å². The third kappa shape index (κ3) is 2.92. The highest BCUT2D eigenvalue weighted by Gasteiger charge is 2.41. The molecule has 0 bridgehead atoms. The first-order chi connectivity index (χ1) is 9.55. The Morgan fingerprint density at radius 2 is 1.75 bits per heavy atom. The first-order valence-corrected chi connectivity index (χ1v) is 6.89. The molecule has 0 aliphatic heterocycles. The zero-order chi connectivity index (χ0) is 14.6.